The van der Waals surface area contributed by atoms with Crippen molar-refractivity contribution in [2.24, 2.45) is 0 Å². The first-order valence-electron chi connectivity index (χ1n) is 11.1. The number of anilines is 1. The number of ether oxygens (including phenoxy) is 1. The molecule has 5 rings (SSSR count). The molecule has 1 atom stereocenters. The molecular formula is C24H23N5O6. The number of carboxylic acid groups (broad SMARTS) is 1. The molecule has 0 radical (unpaired) electrons. The molecule has 0 saturated carbocycles. The number of likely N-dealkylation sites (N-methyl/N-ethyl adjacent to an activating group) is 1. The molecule has 0 bridgehead atoms. The molecule has 0 spiro atoms. The minimum Gasteiger partial charge on any atom is -0.480 e. The second-order valence-electron chi connectivity index (χ2n) is 8.50. The largest absolute Gasteiger partial charge is 0.480 e. The molecule has 1 aliphatic carbocycles. The van der Waals surface area contributed by atoms with E-state index in [1.807, 2.05) is 48.5 Å². The average Bonchev–Trinajstić information content (AvgIpc) is 3.45. The van der Waals surface area contributed by atoms with Crippen LogP contribution in [-0.2, 0) is 9.53 Å². The Morgan fingerprint density at radius 1 is 1.06 bits per heavy atom. The number of carboxylic acids is 1. The summed E-state index contributed by atoms with van der Waals surface area (Å²) in [5, 5.41) is 19.0. The molecule has 1 fully saturated rings. The minimum absolute atomic E-state index is 0.0259. The van der Waals surface area contributed by atoms with Gasteiger partial charge in [-0.2, -0.15) is 0 Å². The van der Waals surface area contributed by atoms with Crippen LogP contribution < -0.4 is 5.32 Å². The van der Waals surface area contributed by atoms with Crippen LogP contribution in [-0.4, -0.2) is 82.5 Å². The minimum atomic E-state index is -1.03. The van der Waals surface area contributed by atoms with Gasteiger partial charge < -0.3 is 14.7 Å². The molecule has 2 amide bonds. The maximum absolute atomic E-state index is 12.9. The highest BCUT2D eigenvalue weighted by molar-refractivity contribution is 6.00. The van der Waals surface area contributed by atoms with Gasteiger partial charge in [0.25, 0.3) is 5.91 Å². The predicted molar refractivity (Wildman–Crippen MR) is 123 cm³/mol. The third-order valence-electron chi connectivity index (χ3n) is 6.48. The fourth-order valence-corrected chi connectivity index (χ4v) is 4.62. The first kappa shape index (κ1) is 22.5. The normalized spacial score (nSPS) is 17.5. The molecule has 1 unspecified atom stereocenters. The van der Waals surface area contributed by atoms with Gasteiger partial charge in [0, 0.05) is 25.6 Å². The number of hydrogen-bond acceptors (Lipinski definition) is 8. The van der Waals surface area contributed by atoms with E-state index in [0.29, 0.717) is 13.1 Å². The lowest BCUT2D eigenvalue weighted by molar-refractivity contribution is -0.144. The number of piperazine rings is 1. The Morgan fingerprint density at radius 2 is 1.71 bits per heavy atom. The standard InChI is InChI=1S/C24H23N5O6/c1-28-10-11-29(12-19(28)23(31)32)22(30)20-21(27-35-26-20)25-24(33)34-13-18-16-8-4-2-6-14(16)15-7-3-5-9-17(15)18/h2-9,18-19H,10-13H2,1H3,(H,31,32)(H,25,27,33). The number of hydrogen-bond donors (Lipinski definition) is 2. The number of aliphatic carboxylic acids is 1. The van der Waals surface area contributed by atoms with Crippen LogP contribution in [0, 0.1) is 0 Å². The monoisotopic (exact) mass is 477 g/mol. The summed E-state index contributed by atoms with van der Waals surface area (Å²) in [6, 6.07) is 15.1. The lowest BCUT2D eigenvalue weighted by atomic mass is 9.98. The van der Waals surface area contributed by atoms with Crippen molar-refractivity contribution in [3.8, 4) is 11.1 Å². The summed E-state index contributed by atoms with van der Waals surface area (Å²) in [6.45, 7) is 0.745. The van der Waals surface area contributed by atoms with Crippen LogP contribution in [0.1, 0.15) is 27.5 Å². The molecular weight excluding hydrogens is 454 g/mol. The van der Waals surface area contributed by atoms with E-state index >= 15 is 0 Å². The SMILES string of the molecule is CN1CCN(C(=O)c2nonc2NC(=O)OCC2c3ccccc3-c3ccccc32)CC1C(=O)O. The van der Waals surface area contributed by atoms with Crippen LogP contribution in [0.3, 0.4) is 0 Å². The van der Waals surface area contributed by atoms with E-state index in [1.54, 1.807) is 11.9 Å². The van der Waals surface area contributed by atoms with Gasteiger partial charge >= 0.3 is 12.1 Å². The lowest BCUT2D eigenvalue weighted by Crippen LogP contribution is -2.56. The smallest absolute Gasteiger partial charge is 0.412 e. The van der Waals surface area contributed by atoms with Crippen LogP contribution in [0.15, 0.2) is 53.2 Å². The Kier molecular flexibility index (Phi) is 5.91. The van der Waals surface area contributed by atoms with Crippen molar-refractivity contribution in [2.75, 3.05) is 38.6 Å². The van der Waals surface area contributed by atoms with Crippen LogP contribution in [0.25, 0.3) is 11.1 Å². The van der Waals surface area contributed by atoms with Gasteiger partial charge in [-0.1, -0.05) is 48.5 Å². The lowest BCUT2D eigenvalue weighted by Gasteiger charge is -2.36. The predicted octanol–water partition coefficient (Wildman–Crippen LogP) is 2.27. The molecule has 3 aromatic rings. The summed E-state index contributed by atoms with van der Waals surface area (Å²) in [5.74, 6) is -1.92. The quantitative estimate of drug-likeness (QED) is 0.567. The molecule has 1 aliphatic heterocycles. The van der Waals surface area contributed by atoms with Crippen molar-refractivity contribution in [3.05, 3.63) is 65.4 Å². The zero-order valence-electron chi connectivity index (χ0n) is 18.9. The number of benzene rings is 2. The van der Waals surface area contributed by atoms with Gasteiger partial charge in [-0.25, -0.2) is 9.42 Å². The Balaban J connectivity index is 1.25. The fraction of sp³-hybridized carbons (Fsp3) is 0.292. The van der Waals surface area contributed by atoms with Gasteiger partial charge in [0.05, 0.1) is 0 Å². The van der Waals surface area contributed by atoms with E-state index in [9.17, 15) is 19.5 Å². The summed E-state index contributed by atoms with van der Waals surface area (Å²) in [7, 11) is 1.68. The van der Waals surface area contributed by atoms with Gasteiger partial charge in [0.1, 0.15) is 12.6 Å². The molecule has 1 aromatic heterocycles. The second-order valence-corrected chi connectivity index (χ2v) is 8.50. The molecule has 2 aromatic carbocycles. The van der Waals surface area contributed by atoms with Gasteiger partial charge in [0.15, 0.2) is 0 Å². The first-order valence-corrected chi connectivity index (χ1v) is 11.1. The maximum Gasteiger partial charge on any atom is 0.412 e. The number of carbonyl (C=O) groups excluding carboxylic acids is 2. The van der Waals surface area contributed by atoms with E-state index in [2.05, 4.69) is 20.3 Å². The van der Waals surface area contributed by atoms with E-state index < -0.39 is 24.0 Å². The zero-order chi connectivity index (χ0) is 24.5. The zero-order valence-corrected chi connectivity index (χ0v) is 18.9. The fourth-order valence-electron chi connectivity index (χ4n) is 4.62. The van der Waals surface area contributed by atoms with Crippen molar-refractivity contribution in [2.45, 2.75) is 12.0 Å². The van der Waals surface area contributed by atoms with Gasteiger partial charge in [-0.15, -0.1) is 0 Å². The third kappa shape index (κ3) is 4.21. The molecule has 35 heavy (non-hydrogen) atoms. The summed E-state index contributed by atoms with van der Waals surface area (Å²) in [5.41, 5.74) is 4.15. The number of aromatic nitrogens is 2. The van der Waals surface area contributed by atoms with Crippen molar-refractivity contribution in [1.82, 2.24) is 20.1 Å². The molecule has 11 heteroatoms. The van der Waals surface area contributed by atoms with Crippen LogP contribution in [0.5, 0.6) is 0 Å². The number of amides is 2. The summed E-state index contributed by atoms with van der Waals surface area (Å²) < 4.78 is 10.2. The highest BCUT2D eigenvalue weighted by atomic mass is 16.6. The topological polar surface area (TPSA) is 138 Å². The van der Waals surface area contributed by atoms with E-state index in [4.69, 9.17) is 4.74 Å². The number of carbonyl (C=O) groups is 3. The number of nitrogens with zero attached hydrogens (tertiary/aromatic N) is 4. The number of fused-ring (bicyclic) bond motifs is 3. The molecule has 1 saturated heterocycles. The highest BCUT2D eigenvalue weighted by Crippen LogP contribution is 2.44. The van der Waals surface area contributed by atoms with Crippen LogP contribution in [0.2, 0.25) is 0 Å². The molecule has 2 N–H and O–H groups in total. The summed E-state index contributed by atoms with van der Waals surface area (Å²) >= 11 is 0. The Bertz CT molecular complexity index is 1250. The Morgan fingerprint density at radius 3 is 2.37 bits per heavy atom. The van der Waals surface area contributed by atoms with Crippen molar-refractivity contribution < 1.29 is 28.9 Å². The number of rotatable bonds is 5. The summed E-state index contributed by atoms with van der Waals surface area (Å²) in [4.78, 5) is 40.0. The first-order chi connectivity index (χ1) is 16.9. The van der Waals surface area contributed by atoms with Gasteiger partial charge in [-0.3, -0.25) is 19.8 Å². The number of nitrogens with one attached hydrogen (secondary N) is 1. The maximum atomic E-state index is 12.9. The van der Waals surface area contributed by atoms with Crippen molar-refractivity contribution >= 4 is 23.8 Å². The van der Waals surface area contributed by atoms with Crippen LogP contribution in [0.4, 0.5) is 10.6 Å². The second kappa shape index (κ2) is 9.18. The van der Waals surface area contributed by atoms with Crippen molar-refractivity contribution in [1.29, 1.82) is 0 Å². The van der Waals surface area contributed by atoms with Crippen molar-refractivity contribution in [3.63, 3.8) is 0 Å². The molecule has 180 valence electrons. The Hall–Kier alpha value is -4.25. The van der Waals surface area contributed by atoms with E-state index in [-0.39, 0.29) is 30.6 Å². The molecule has 11 nitrogen and oxygen atoms in total. The third-order valence-corrected chi connectivity index (χ3v) is 6.48. The van der Waals surface area contributed by atoms with E-state index in [1.165, 1.54) is 4.90 Å². The highest BCUT2D eigenvalue weighted by Gasteiger charge is 2.35. The molecule has 2 aliphatic rings. The van der Waals surface area contributed by atoms with E-state index in [0.717, 1.165) is 22.3 Å². The van der Waals surface area contributed by atoms with Gasteiger partial charge in [-0.05, 0) is 39.6 Å². The Labute approximate surface area is 200 Å². The van der Waals surface area contributed by atoms with Gasteiger partial charge in [0.2, 0.25) is 11.5 Å². The molecule has 2 heterocycles. The van der Waals surface area contributed by atoms with Crippen LogP contribution >= 0.6 is 0 Å². The average molecular weight is 477 g/mol. The summed E-state index contributed by atoms with van der Waals surface area (Å²) in [6.07, 6.45) is -0.807.